The molecule has 0 aromatic carbocycles. The molecule has 2 atom stereocenters. The van der Waals surface area contributed by atoms with Gasteiger partial charge in [0.15, 0.2) is 0 Å². The minimum Gasteiger partial charge on any atom is -0.478 e. The minimum atomic E-state index is -0.957. The Labute approximate surface area is 91.9 Å². The fourth-order valence-corrected chi connectivity index (χ4v) is 0.963. The predicted octanol–water partition coefficient (Wildman–Crippen LogP) is 1.30. The first-order chi connectivity index (χ1) is 4.48. The number of aliphatic carboxylic acids is 1. The van der Waals surface area contributed by atoms with Gasteiger partial charge in [-0.15, -0.1) is 0 Å². The van der Waals surface area contributed by atoms with Crippen molar-refractivity contribution in [1.29, 1.82) is 0 Å². The molecule has 1 aliphatic rings. The maximum absolute atomic E-state index is 10.4. The summed E-state index contributed by atoms with van der Waals surface area (Å²) in [4.78, 5) is 10.4. The quantitative estimate of drug-likeness (QED) is 0.570. The number of carboxylic acids is 1. The van der Waals surface area contributed by atoms with E-state index in [9.17, 15) is 4.79 Å². The first-order valence-electron chi connectivity index (χ1n) is 3.09. The number of carbonyl (C=O) groups is 1. The van der Waals surface area contributed by atoms with Crippen LogP contribution in [0.5, 0.6) is 0 Å². The summed E-state index contributed by atoms with van der Waals surface area (Å²) < 4.78 is 0. The molecule has 0 amide bonds. The maximum Gasteiger partial charge on any atom is 0.328 e. The van der Waals surface area contributed by atoms with Crippen LogP contribution in [-0.4, -0.2) is 11.1 Å². The maximum atomic E-state index is 10.4. The van der Waals surface area contributed by atoms with E-state index in [1.54, 1.807) is 0 Å². The van der Waals surface area contributed by atoms with E-state index < -0.39 is 11.4 Å². The van der Waals surface area contributed by atoms with Gasteiger partial charge < -0.3 is 19.0 Å². The molecule has 0 aromatic rings. The fourth-order valence-electron chi connectivity index (χ4n) is 0.963. The third kappa shape index (κ3) is 1.91. The van der Waals surface area contributed by atoms with Crippen LogP contribution in [0.2, 0.25) is 0 Å². The molecule has 0 heterocycles. The van der Waals surface area contributed by atoms with Crippen LogP contribution in [0.15, 0.2) is 12.2 Å². The van der Waals surface area contributed by atoms with Crippen molar-refractivity contribution in [2.75, 3.05) is 0 Å². The van der Waals surface area contributed by atoms with Gasteiger partial charge in [-0.05, 0) is 0 Å². The molecule has 59 valence electrons. The second-order valence-corrected chi connectivity index (χ2v) is 2.84. The smallest absolute Gasteiger partial charge is 0.328 e. The van der Waals surface area contributed by atoms with Crippen molar-refractivity contribution in [2.45, 2.75) is 6.42 Å². The van der Waals surface area contributed by atoms with E-state index in [1.165, 1.54) is 0 Å². The Bertz CT molecular complexity index is 200. The first-order valence-corrected chi connectivity index (χ1v) is 3.09. The van der Waals surface area contributed by atoms with E-state index in [1.807, 2.05) is 0 Å². The average molecular weight is 227 g/mol. The monoisotopic (exact) mass is 227 g/mol. The molecule has 0 bridgehead atoms. The summed E-state index contributed by atoms with van der Waals surface area (Å²) >= 11 is 0. The van der Waals surface area contributed by atoms with Gasteiger partial charge in [0.1, 0.15) is 0 Å². The first kappa shape index (κ1) is 11.3. The summed E-state index contributed by atoms with van der Waals surface area (Å²) in [6.07, 6.45) is 0.748. The SMILES string of the molecule is C=C(C(=O)O)C1([CH2-])CC1[CH2-].[Y]. The summed E-state index contributed by atoms with van der Waals surface area (Å²) in [5.74, 6) is -0.822. The molecule has 1 aliphatic carbocycles. The Morgan fingerprint density at radius 2 is 2.09 bits per heavy atom. The number of hydrogen-bond donors (Lipinski definition) is 1. The molecule has 0 aliphatic heterocycles. The Hall–Kier alpha value is 0.314. The Balaban J connectivity index is 0.000001000. The summed E-state index contributed by atoms with van der Waals surface area (Å²) in [6.45, 7) is 10.9. The summed E-state index contributed by atoms with van der Waals surface area (Å²) in [6, 6.07) is 0. The van der Waals surface area contributed by atoms with Crippen LogP contribution in [0.4, 0.5) is 0 Å². The van der Waals surface area contributed by atoms with Gasteiger partial charge in [0, 0.05) is 38.3 Å². The third-order valence-electron chi connectivity index (χ3n) is 2.09. The molecule has 0 saturated heterocycles. The largest absolute Gasteiger partial charge is 0.478 e. The zero-order chi connectivity index (χ0) is 7.94. The summed E-state index contributed by atoms with van der Waals surface area (Å²) in [5, 5.41) is 8.51. The van der Waals surface area contributed by atoms with Crippen molar-refractivity contribution >= 4 is 5.97 Å². The van der Waals surface area contributed by atoms with Crippen molar-refractivity contribution in [3.8, 4) is 0 Å². The molecule has 1 N–H and O–H groups in total. The predicted molar refractivity (Wildman–Crippen MR) is 38.0 cm³/mol. The van der Waals surface area contributed by atoms with Crippen LogP contribution in [0, 0.1) is 25.2 Å². The van der Waals surface area contributed by atoms with Crippen LogP contribution >= 0.6 is 0 Å². The van der Waals surface area contributed by atoms with Crippen LogP contribution in [0.1, 0.15) is 6.42 Å². The molecule has 11 heavy (non-hydrogen) atoms. The number of rotatable bonds is 2. The van der Waals surface area contributed by atoms with Crippen molar-refractivity contribution in [2.24, 2.45) is 11.3 Å². The van der Waals surface area contributed by atoms with Gasteiger partial charge >= 0.3 is 5.97 Å². The Kier molecular flexibility index (Phi) is 3.46. The minimum absolute atomic E-state index is 0. The van der Waals surface area contributed by atoms with Crippen molar-refractivity contribution in [3.05, 3.63) is 26.0 Å². The van der Waals surface area contributed by atoms with Crippen LogP contribution in [-0.2, 0) is 37.5 Å². The molecule has 0 spiro atoms. The molecule has 1 radical (unpaired) electrons. The van der Waals surface area contributed by atoms with Crippen molar-refractivity contribution in [3.63, 3.8) is 0 Å². The van der Waals surface area contributed by atoms with Crippen molar-refractivity contribution in [1.82, 2.24) is 0 Å². The second kappa shape index (κ2) is 3.36. The molecule has 2 nitrogen and oxygen atoms in total. The van der Waals surface area contributed by atoms with E-state index >= 15 is 0 Å². The third-order valence-corrected chi connectivity index (χ3v) is 2.09. The van der Waals surface area contributed by atoms with Gasteiger partial charge in [0.25, 0.3) is 0 Å². The van der Waals surface area contributed by atoms with Gasteiger partial charge in [-0.1, -0.05) is 13.0 Å². The molecule has 1 rings (SSSR count). The van der Waals surface area contributed by atoms with Crippen LogP contribution in [0.3, 0.4) is 0 Å². The van der Waals surface area contributed by atoms with E-state index in [2.05, 4.69) is 20.4 Å². The van der Waals surface area contributed by atoms with E-state index in [4.69, 9.17) is 5.11 Å². The van der Waals surface area contributed by atoms with Crippen LogP contribution in [0.25, 0.3) is 0 Å². The van der Waals surface area contributed by atoms with Gasteiger partial charge in [-0.25, -0.2) is 4.79 Å². The molecule has 1 fully saturated rings. The normalized spacial score (nSPS) is 33.8. The Morgan fingerprint density at radius 1 is 1.73 bits per heavy atom. The molecular formula is C8H10O2Y-2. The Morgan fingerprint density at radius 3 is 2.18 bits per heavy atom. The van der Waals surface area contributed by atoms with Gasteiger partial charge in [-0.2, -0.15) is 11.3 Å². The summed E-state index contributed by atoms with van der Waals surface area (Å²) in [5.41, 5.74) is -0.279. The van der Waals surface area contributed by atoms with E-state index in [0.717, 1.165) is 6.42 Å². The molecular weight excluding hydrogens is 217 g/mol. The topological polar surface area (TPSA) is 37.3 Å². The van der Waals surface area contributed by atoms with E-state index in [-0.39, 0.29) is 44.2 Å². The van der Waals surface area contributed by atoms with Gasteiger partial charge in [0.05, 0.1) is 0 Å². The molecule has 0 aromatic heterocycles. The molecule has 2 unspecified atom stereocenters. The second-order valence-electron chi connectivity index (χ2n) is 2.84. The fraction of sp³-hybridized carbons (Fsp3) is 0.375. The van der Waals surface area contributed by atoms with Gasteiger partial charge in [-0.3, -0.25) is 0 Å². The summed E-state index contributed by atoms with van der Waals surface area (Å²) in [7, 11) is 0. The zero-order valence-electron chi connectivity index (χ0n) is 6.34. The standard InChI is InChI=1S/C8H10O2.Y/c1-5-4-8(5,3)6(2)7(9)10;/h5H,1-4H2,(H,9,10);/q-2;. The van der Waals surface area contributed by atoms with Crippen molar-refractivity contribution < 1.29 is 42.6 Å². The number of carboxylic acid groups (broad SMARTS) is 1. The van der Waals surface area contributed by atoms with E-state index in [0.29, 0.717) is 0 Å². The average Bonchev–Trinajstić information content (AvgIpc) is 2.41. The van der Waals surface area contributed by atoms with Crippen LogP contribution < -0.4 is 0 Å². The zero-order valence-corrected chi connectivity index (χ0v) is 9.18. The number of hydrogen-bond acceptors (Lipinski definition) is 1. The molecule has 1 saturated carbocycles. The van der Waals surface area contributed by atoms with Gasteiger partial charge in [0.2, 0.25) is 0 Å². The molecule has 3 heteroatoms.